The molecule has 0 radical (unpaired) electrons. The number of rotatable bonds is 7. The number of hydrogen-bond donors (Lipinski definition) is 0. The molecule has 2 aliphatic heterocycles. The van der Waals surface area contributed by atoms with Crippen LogP contribution in [0.25, 0.3) is 0 Å². The fourth-order valence-electron chi connectivity index (χ4n) is 4.58. The number of ether oxygens (including phenoxy) is 2. The number of piperidine rings is 1. The molecule has 0 amide bonds. The van der Waals surface area contributed by atoms with Crippen LogP contribution < -0.4 is 9.47 Å². The Labute approximate surface area is 182 Å². The number of fused-ring (bicyclic) bond motifs is 1. The first-order valence-corrected chi connectivity index (χ1v) is 10.8. The van der Waals surface area contributed by atoms with Crippen LogP contribution in [0.15, 0.2) is 47.1 Å². The number of benzene rings is 1. The molecular formula is C24H28FN3O3. The minimum absolute atomic E-state index is 0.236. The lowest BCUT2D eigenvalue weighted by molar-refractivity contribution is 0.187. The molecule has 1 saturated heterocycles. The Kier molecular flexibility index (Phi) is 6.28. The number of oxime groups is 1. The zero-order chi connectivity index (χ0) is 21.8. The van der Waals surface area contributed by atoms with E-state index in [4.69, 9.17) is 19.6 Å². The van der Waals surface area contributed by atoms with Crippen LogP contribution in [0.4, 0.5) is 4.39 Å². The maximum absolute atomic E-state index is 13.6. The second-order valence-corrected chi connectivity index (χ2v) is 8.50. The van der Waals surface area contributed by atoms with E-state index in [2.05, 4.69) is 23.0 Å². The highest BCUT2D eigenvalue weighted by Crippen LogP contribution is 2.46. The van der Waals surface area contributed by atoms with Crippen molar-refractivity contribution < 1.29 is 18.7 Å². The van der Waals surface area contributed by atoms with E-state index in [1.165, 1.54) is 6.08 Å². The number of likely N-dealkylation sites (tertiary alicyclic amines) is 1. The van der Waals surface area contributed by atoms with Crippen molar-refractivity contribution in [2.24, 2.45) is 16.5 Å². The minimum Gasteiger partial charge on any atom is -0.493 e. The molecule has 0 N–H and O–H groups in total. The summed E-state index contributed by atoms with van der Waals surface area (Å²) in [6, 6.07) is 7.30. The SMILES string of the molecule is COc1cc(C#N)ccc1OCCCN1CCC(C2=NOC3=CC(F)=CCC32C)CC1. The van der Waals surface area contributed by atoms with E-state index in [0.29, 0.717) is 41.8 Å². The van der Waals surface area contributed by atoms with Crippen LogP contribution in [0.2, 0.25) is 0 Å². The average Bonchev–Trinajstić information content (AvgIpc) is 3.13. The molecule has 0 saturated carbocycles. The van der Waals surface area contributed by atoms with Crippen LogP contribution >= 0.6 is 0 Å². The smallest absolute Gasteiger partial charge is 0.162 e. The Balaban J connectivity index is 1.22. The summed E-state index contributed by atoms with van der Waals surface area (Å²) in [4.78, 5) is 7.94. The summed E-state index contributed by atoms with van der Waals surface area (Å²) < 4.78 is 24.7. The molecule has 6 nitrogen and oxygen atoms in total. The lowest BCUT2D eigenvalue weighted by atomic mass is 9.71. The predicted octanol–water partition coefficient (Wildman–Crippen LogP) is 4.58. The van der Waals surface area contributed by atoms with Crippen molar-refractivity contribution in [1.29, 1.82) is 5.26 Å². The Morgan fingerprint density at radius 1 is 1.32 bits per heavy atom. The summed E-state index contributed by atoms with van der Waals surface area (Å²) in [7, 11) is 1.58. The van der Waals surface area contributed by atoms with E-state index >= 15 is 0 Å². The fourth-order valence-corrected chi connectivity index (χ4v) is 4.58. The first-order chi connectivity index (χ1) is 15.0. The molecule has 1 fully saturated rings. The molecule has 1 unspecified atom stereocenters. The number of hydrogen-bond acceptors (Lipinski definition) is 6. The van der Waals surface area contributed by atoms with Gasteiger partial charge in [0.2, 0.25) is 0 Å². The highest BCUT2D eigenvalue weighted by atomic mass is 19.1. The average molecular weight is 426 g/mol. The summed E-state index contributed by atoms with van der Waals surface area (Å²) in [5.41, 5.74) is 1.32. The highest BCUT2D eigenvalue weighted by Gasteiger charge is 2.46. The van der Waals surface area contributed by atoms with Crippen molar-refractivity contribution in [1.82, 2.24) is 4.90 Å². The largest absolute Gasteiger partial charge is 0.493 e. The van der Waals surface area contributed by atoms with E-state index in [1.54, 1.807) is 31.4 Å². The van der Waals surface area contributed by atoms with Crippen molar-refractivity contribution in [2.75, 3.05) is 33.4 Å². The maximum Gasteiger partial charge on any atom is 0.162 e. The van der Waals surface area contributed by atoms with E-state index in [0.717, 1.165) is 44.6 Å². The van der Waals surface area contributed by atoms with Crippen molar-refractivity contribution >= 4 is 5.71 Å². The lowest BCUT2D eigenvalue weighted by Gasteiger charge is -2.36. The predicted molar refractivity (Wildman–Crippen MR) is 116 cm³/mol. The monoisotopic (exact) mass is 425 g/mol. The summed E-state index contributed by atoms with van der Waals surface area (Å²) in [5.74, 6) is 2.02. The molecule has 2 heterocycles. The molecule has 1 aromatic carbocycles. The molecule has 1 aliphatic carbocycles. The van der Waals surface area contributed by atoms with Crippen LogP contribution in [0.5, 0.6) is 11.5 Å². The van der Waals surface area contributed by atoms with Crippen LogP contribution in [0.3, 0.4) is 0 Å². The van der Waals surface area contributed by atoms with Gasteiger partial charge in [-0.1, -0.05) is 5.16 Å². The van der Waals surface area contributed by atoms with Crippen LogP contribution in [-0.4, -0.2) is 44.0 Å². The Morgan fingerprint density at radius 2 is 2.13 bits per heavy atom. The molecular weight excluding hydrogens is 397 g/mol. The van der Waals surface area contributed by atoms with Crippen LogP contribution in [0.1, 0.15) is 38.2 Å². The third-order valence-corrected chi connectivity index (χ3v) is 6.47. The zero-order valence-electron chi connectivity index (χ0n) is 18.1. The second kappa shape index (κ2) is 9.11. The van der Waals surface area contributed by atoms with E-state index < -0.39 is 0 Å². The molecule has 1 atom stereocenters. The molecule has 4 rings (SSSR count). The molecule has 0 spiro atoms. The fraction of sp³-hybridized carbons (Fsp3) is 0.500. The topological polar surface area (TPSA) is 67.1 Å². The van der Waals surface area contributed by atoms with Gasteiger partial charge in [-0.15, -0.1) is 0 Å². The zero-order valence-corrected chi connectivity index (χ0v) is 18.1. The lowest BCUT2D eigenvalue weighted by Crippen LogP contribution is -2.41. The van der Waals surface area contributed by atoms with Gasteiger partial charge in [-0.2, -0.15) is 5.26 Å². The van der Waals surface area contributed by atoms with Gasteiger partial charge < -0.3 is 19.2 Å². The van der Waals surface area contributed by atoms with Gasteiger partial charge >= 0.3 is 0 Å². The number of halogens is 1. The Bertz CT molecular complexity index is 957. The van der Waals surface area contributed by atoms with Gasteiger partial charge in [0.15, 0.2) is 11.5 Å². The minimum atomic E-state index is -0.295. The van der Waals surface area contributed by atoms with Crippen molar-refractivity contribution in [3.05, 3.63) is 47.5 Å². The quantitative estimate of drug-likeness (QED) is 0.598. The summed E-state index contributed by atoms with van der Waals surface area (Å²) in [6.07, 6.45) is 6.68. The summed E-state index contributed by atoms with van der Waals surface area (Å²) in [6.45, 7) is 5.67. The van der Waals surface area contributed by atoms with Gasteiger partial charge in [0.05, 0.1) is 36.5 Å². The van der Waals surface area contributed by atoms with Crippen LogP contribution in [0, 0.1) is 22.7 Å². The number of nitriles is 1. The van der Waals surface area contributed by atoms with Crippen LogP contribution in [-0.2, 0) is 4.84 Å². The molecule has 31 heavy (non-hydrogen) atoms. The third-order valence-electron chi connectivity index (χ3n) is 6.47. The normalized spacial score (nSPS) is 23.7. The molecule has 3 aliphatic rings. The van der Waals surface area contributed by atoms with Crippen molar-refractivity contribution in [3.8, 4) is 17.6 Å². The van der Waals surface area contributed by atoms with Gasteiger partial charge in [-0.05, 0) is 63.9 Å². The molecule has 164 valence electrons. The number of methoxy groups -OCH3 is 1. The first-order valence-electron chi connectivity index (χ1n) is 10.8. The van der Waals surface area contributed by atoms with Gasteiger partial charge in [0.25, 0.3) is 0 Å². The Hall–Kier alpha value is -2.85. The van der Waals surface area contributed by atoms with Gasteiger partial charge in [-0.25, -0.2) is 4.39 Å². The summed E-state index contributed by atoms with van der Waals surface area (Å²) >= 11 is 0. The van der Waals surface area contributed by atoms with E-state index in [9.17, 15) is 4.39 Å². The first kappa shape index (κ1) is 21.4. The molecule has 0 aromatic heterocycles. The van der Waals surface area contributed by atoms with Gasteiger partial charge in [0.1, 0.15) is 11.6 Å². The molecule has 1 aromatic rings. The number of nitrogens with zero attached hydrogens (tertiary/aromatic N) is 3. The van der Waals surface area contributed by atoms with Gasteiger partial charge in [-0.3, -0.25) is 0 Å². The Morgan fingerprint density at radius 3 is 2.87 bits per heavy atom. The standard InChI is InChI=1S/C24H28FN3O3/c1-24-9-6-19(25)15-22(24)31-27-23(24)18-7-11-28(12-8-18)10-3-13-30-20-5-4-17(16-26)14-21(20)29-2/h4-6,14-15,18H,3,7-13H2,1-2H3. The van der Waals surface area contributed by atoms with Crippen molar-refractivity contribution in [3.63, 3.8) is 0 Å². The summed E-state index contributed by atoms with van der Waals surface area (Å²) in [5, 5.41) is 13.3. The van der Waals surface area contributed by atoms with Crippen molar-refractivity contribution in [2.45, 2.75) is 32.6 Å². The highest BCUT2D eigenvalue weighted by molar-refractivity contribution is 5.95. The second-order valence-electron chi connectivity index (χ2n) is 8.50. The van der Waals surface area contributed by atoms with E-state index in [1.807, 2.05) is 0 Å². The van der Waals surface area contributed by atoms with Gasteiger partial charge in [0, 0.05) is 24.6 Å². The third kappa shape index (κ3) is 4.45. The van der Waals surface area contributed by atoms with E-state index in [-0.39, 0.29) is 11.2 Å². The molecule has 0 bridgehead atoms. The molecule has 7 heteroatoms. The number of allylic oxidation sites excluding steroid dienone is 4. The maximum atomic E-state index is 13.6.